The van der Waals surface area contributed by atoms with E-state index < -0.39 is 0 Å². The fourth-order valence-corrected chi connectivity index (χ4v) is 3.02. The molecule has 5 heteroatoms. The maximum atomic E-state index is 11.6. The smallest absolute Gasteiger partial charge is 0.255 e. The van der Waals surface area contributed by atoms with Gasteiger partial charge < -0.3 is 4.98 Å². The first-order valence-corrected chi connectivity index (χ1v) is 6.78. The molecule has 1 N–H and O–H groups in total. The van der Waals surface area contributed by atoms with Crippen LogP contribution in [0.3, 0.4) is 0 Å². The summed E-state index contributed by atoms with van der Waals surface area (Å²) in [5, 5.41) is 0.767. The molecule has 2 rings (SSSR count). The van der Waals surface area contributed by atoms with Crippen molar-refractivity contribution in [3.8, 4) is 0 Å². The van der Waals surface area contributed by atoms with Crippen LogP contribution in [0.25, 0.3) is 0 Å². The lowest BCUT2D eigenvalue weighted by atomic mass is 10.2. The molecule has 0 bridgehead atoms. The summed E-state index contributed by atoms with van der Waals surface area (Å²) in [6, 6.07) is 0. The van der Waals surface area contributed by atoms with Gasteiger partial charge in [0.25, 0.3) is 5.56 Å². The fourth-order valence-electron chi connectivity index (χ4n) is 1.43. The number of fused-ring (bicyclic) bond motifs is 1. The molecule has 0 aliphatic carbocycles. The van der Waals surface area contributed by atoms with Gasteiger partial charge in [-0.05, 0) is 17.9 Å². The van der Waals surface area contributed by atoms with Crippen LogP contribution in [0.1, 0.15) is 18.2 Å². The molecule has 0 unspecified atom stereocenters. The van der Waals surface area contributed by atoms with Gasteiger partial charge in [0.1, 0.15) is 0 Å². The summed E-state index contributed by atoms with van der Waals surface area (Å²) in [5.41, 5.74) is 1.93. The molecular weight excluding hydrogens is 216 g/mol. The first kappa shape index (κ1) is 10.1. The Balaban J connectivity index is 2.41. The van der Waals surface area contributed by atoms with E-state index in [1.807, 2.05) is 0 Å². The standard InChI is InChI=1S/C9H12N2OS2/c1-2-14-9-10-7-3-4-13-5-6(7)8(12)11-9/h2-5H2,1H3,(H,10,11,12). The van der Waals surface area contributed by atoms with E-state index >= 15 is 0 Å². The third kappa shape index (κ3) is 1.98. The van der Waals surface area contributed by atoms with Crippen LogP contribution in [0, 0.1) is 0 Å². The highest BCUT2D eigenvalue weighted by Crippen LogP contribution is 2.21. The lowest BCUT2D eigenvalue weighted by molar-refractivity contribution is 0.838. The van der Waals surface area contributed by atoms with Gasteiger partial charge in [-0.1, -0.05) is 18.7 Å². The van der Waals surface area contributed by atoms with Crippen molar-refractivity contribution in [3.05, 3.63) is 21.6 Å². The maximum absolute atomic E-state index is 11.6. The number of thioether (sulfide) groups is 2. The van der Waals surface area contributed by atoms with Crippen LogP contribution >= 0.6 is 23.5 Å². The molecule has 3 nitrogen and oxygen atoms in total. The summed E-state index contributed by atoms with van der Waals surface area (Å²) < 4.78 is 0. The first-order valence-electron chi connectivity index (χ1n) is 4.64. The molecule has 1 aliphatic heterocycles. The van der Waals surface area contributed by atoms with Crippen molar-refractivity contribution in [1.29, 1.82) is 0 Å². The van der Waals surface area contributed by atoms with E-state index in [1.54, 1.807) is 23.5 Å². The second-order valence-corrected chi connectivity index (χ2v) is 5.39. The summed E-state index contributed by atoms with van der Waals surface area (Å²) in [4.78, 5) is 18.9. The minimum absolute atomic E-state index is 0.0538. The summed E-state index contributed by atoms with van der Waals surface area (Å²) in [7, 11) is 0. The van der Waals surface area contributed by atoms with Crippen LogP contribution in [0.5, 0.6) is 0 Å². The quantitative estimate of drug-likeness (QED) is 0.618. The van der Waals surface area contributed by atoms with Crippen molar-refractivity contribution in [2.75, 3.05) is 11.5 Å². The molecule has 0 spiro atoms. The Morgan fingerprint density at radius 3 is 3.29 bits per heavy atom. The SMILES string of the molecule is CCSc1nc2c(c(=O)[nH]1)CSCC2. The van der Waals surface area contributed by atoms with E-state index in [0.29, 0.717) is 0 Å². The molecule has 2 heterocycles. The minimum Gasteiger partial charge on any atom is -0.301 e. The van der Waals surface area contributed by atoms with Gasteiger partial charge in [0.15, 0.2) is 5.16 Å². The summed E-state index contributed by atoms with van der Waals surface area (Å²) in [5.74, 6) is 2.84. The molecule has 0 saturated heterocycles. The van der Waals surface area contributed by atoms with Crippen LogP contribution in [-0.2, 0) is 12.2 Å². The van der Waals surface area contributed by atoms with Crippen molar-refractivity contribution in [1.82, 2.24) is 9.97 Å². The van der Waals surface area contributed by atoms with Gasteiger partial charge in [0.2, 0.25) is 0 Å². The Bertz CT molecular complexity index is 389. The normalized spacial score (nSPS) is 15.2. The average Bonchev–Trinajstić information content (AvgIpc) is 2.18. The second kappa shape index (κ2) is 4.40. The van der Waals surface area contributed by atoms with Crippen molar-refractivity contribution in [2.24, 2.45) is 0 Å². The molecule has 1 aliphatic rings. The maximum Gasteiger partial charge on any atom is 0.255 e. The third-order valence-corrected chi connectivity index (χ3v) is 3.83. The van der Waals surface area contributed by atoms with Gasteiger partial charge in [0.05, 0.1) is 5.69 Å². The van der Waals surface area contributed by atoms with E-state index in [0.717, 1.165) is 40.1 Å². The Labute approximate surface area is 91.1 Å². The molecule has 1 aromatic heterocycles. The summed E-state index contributed by atoms with van der Waals surface area (Å²) in [6.07, 6.45) is 0.932. The molecule has 1 aromatic rings. The summed E-state index contributed by atoms with van der Waals surface area (Å²) >= 11 is 3.39. The predicted molar refractivity (Wildman–Crippen MR) is 61.1 cm³/mol. The number of nitrogens with zero attached hydrogens (tertiary/aromatic N) is 1. The number of nitrogens with one attached hydrogen (secondary N) is 1. The van der Waals surface area contributed by atoms with E-state index in [1.165, 1.54) is 0 Å². The third-order valence-electron chi connectivity index (χ3n) is 2.09. The van der Waals surface area contributed by atoms with Gasteiger partial charge in [-0.2, -0.15) is 11.8 Å². The van der Waals surface area contributed by atoms with Gasteiger partial charge in [-0.25, -0.2) is 4.98 Å². The number of hydrogen-bond donors (Lipinski definition) is 1. The Morgan fingerprint density at radius 2 is 2.50 bits per heavy atom. The summed E-state index contributed by atoms with van der Waals surface area (Å²) in [6.45, 7) is 2.06. The number of aromatic nitrogens is 2. The van der Waals surface area contributed by atoms with E-state index in [4.69, 9.17) is 0 Å². The first-order chi connectivity index (χ1) is 6.81. The Kier molecular flexibility index (Phi) is 3.18. The van der Waals surface area contributed by atoms with Gasteiger partial charge in [0, 0.05) is 11.3 Å². The molecule has 0 amide bonds. The van der Waals surface area contributed by atoms with Gasteiger partial charge in [-0.15, -0.1) is 0 Å². The van der Waals surface area contributed by atoms with E-state index in [9.17, 15) is 4.79 Å². The second-order valence-electron chi connectivity index (χ2n) is 3.03. The topological polar surface area (TPSA) is 45.8 Å². The highest BCUT2D eigenvalue weighted by molar-refractivity contribution is 7.99. The van der Waals surface area contributed by atoms with E-state index in [2.05, 4.69) is 16.9 Å². The zero-order valence-electron chi connectivity index (χ0n) is 8.00. The highest BCUT2D eigenvalue weighted by Gasteiger charge is 2.15. The van der Waals surface area contributed by atoms with Crippen molar-refractivity contribution < 1.29 is 0 Å². The number of H-pyrrole nitrogens is 1. The molecule has 0 atom stereocenters. The number of rotatable bonds is 2. The lowest BCUT2D eigenvalue weighted by Gasteiger charge is -2.13. The Morgan fingerprint density at radius 1 is 1.64 bits per heavy atom. The van der Waals surface area contributed by atoms with Crippen LogP contribution < -0.4 is 5.56 Å². The van der Waals surface area contributed by atoms with Crippen molar-refractivity contribution in [3.63, 3.8) is 0 Å². The monoisotopic (exact) mass is 228 g/mol. The molecule has 76 valence electrons. The zero-order valence-corrected chi connectivity index (χ0v) is 9.63. The van der Waals surface area contributed by atoms with E-state index in [-0.39, 0.29) is 5.56 Å². The molecule has 0 fully saturated rings. The predicted octanol–water partition coefficient (Wildman–Crippen LogP) is 1.67. The van der Waals surface area contributed by atoms with Gasteiger partial charge in [-0.3, -0.25) is 4.79 Å². The van der Waals surface area contributed by atoms with Crippen LogP contribution in [0.4, 0.5) is 0 Å². The molecule has 0 saturated carbocycles. The van der Waals surface area contributed by atoms with Crippen LogP contribution in [-0.4, -0.2) is 21.5 Å². The molecule has 0 aromatic carbocycles. The number of hydrogen-bond acceptors (Lipinski definition) is 4. The Hall–Kier alpha value is -0.420. The molecule has 0 radical (unpaired) electrons. The average molecular weight is 228 g/mol. The van der Waals surface area contributed by atoms with Crippen molar-refractivity contribution >= 4 is 23.5 Å². The van der Waals surface area contributed by atoms with Crippen molar-refractivity contribution in [2.45, 2.75) is 24.3 Å². The lowest BCUT2D eigenvalue weighted by Crippen LogP contribution is -2.21. The van der Waals surface area contributed by atoms with Crippen LogP contribution in [0.2, 0.25) is 0 Å². The fraction of sp³-hybridized carbons (Fsp3) is 0.556. The number of aryl methyl sites for hydroxylation is 1. The van der Waals surface area contributed by atoms with Crippen LogP contribution in [0.15, 0.2) is 9.95 Å². The number of aromatic amines is 1. The largest absolute Gasteiger partial charge is 0.301 e. The molecule has 14 heavy (non-hydrogen) atoms. The highest BCUT2D eigenvalue weighted by atomic mass is 32.2. The minimum atomic E-state index is 0.0538. The van der Waals surface area contributed by atoms with Gasteiger partial charge >= 0.3 is 0 Å². The zero-order chi connectivity index (χ0) is 9.97. The molecular formula is C9H12N2OS2.